The minimum absolute atomic E-state index is 0.0275. The topological polar surface area (TPSA) is 191 Å². The van der Waals surface area contributed by atoms with E-state index in [1.807, 2.05) is 0 Å². The molecule has 8 N–H and O–H groups in total. The molecule has 1 aromatic carbocycles. The quantitative estimate of drug-likeness (QED) is 0.179. The van der Waals surface area contributed by atoms with Crippen molar-refractivity contribution in [1.29, 1.82) is 0 Å². The zero-order valence-electron chi connectivity index (χ0n) is 17.0. The highest BCUT2D eigenvalue weighted by atomic mass is 32.2. The maximum atomic E-state index is 12.7. The van der Waals surface area contributed by atoms with Crippen LogP contribution in [0.2, 0.25) is 0 Å². The predicted molar refractivity (Wildman–Crippen MR) is 114 cm³/mol. The summed E-state index contributed by atoms with van der Waals surface area (Å²) < 4.78 is 0. The number of hydrogen-bond acceptors (Lipinski definition) is 8. The van der Waals surface area contributed by atoms with Crippen LogP contribution in [-0.2, 0) is 25.6 Å². The number of amides is 3. The first-order chi connectivity index (χ1) is 14.7. The van der Waals surface area contributed by atoms with E-state index in [9.17, 15) is 34.5 Å². The summed E-state index contributed by atoms with van der Waals surface area (Å²) in [6.45, 7) is -1.08. The van der Waals surface area contributed by atoms with Crippen LogP contribution in [0, 0.1) is 0 Å². The number of aromatic hydroxyl groups is 1. The van der Waals surface area contributed by atoms with Gasteiger partial charge in [0.15, 0.2) is 0 Å². The third-order valence-electron chi connectivity index (χ3n) is 4.25. The molecule has 0 radical (unpaired) electrons. The lowest BCUT2D eigenvalue weighted by Gasteiger charge is -2.23. The van der Waals surface area contributed by atoms with Gasteiger partial charge in [-0.3, -0.25) is 14.4 Å². The fourth-order valence-electron chi connectivity index (χ4n) is 2.56. The van der Waals surface area contributed by atoms with Gasteiger partial charge in [0, 0.05) is 6.42 Å². The third kappa shape index (κ3) is 9.24. The number of nitrogens with two attached hydrogens (primary N) is 1. The second-order valence-electron chi connectivity index (χ2n) is 6.62. The molecule has 12 heteroatoms. The Labute approximate surface area is 183 Å². The molecular formula is C19H28N4O7S. The Bertz CT molecular complexity index is 760. The second-order valence-corrected chi connectivity index (χ2v) is 7.61. The van der Waals surface area contributed by atoms with E-state index in [1.54, 1.807) is 6.26 Å². The molecular weight excluding hydrogens is 428 g/mol. The molecule has 0 bridgehead atoms. The summed E-state index contributed by atoms with van der Waals surface area (Å²) in [4.78, 5) is 48.1. The summed E-state index contributed by atoms with van der Waals surface area (Å²) in [5.41, 5.74) is 5.77. The monoisotopic (exact) mass is 456 g/mol. The van der Waals surface area contributed by atoms with Gasteiger partial charge < -0.3 is 37.0 Å². The van der Waals surface area contributed by atoms with E-state index in [-0.39, 0.29) is 25.1 Å². The molecule has 0 aliphatic rings. The number of hydrogen-bond donors (Lipinski definition) is 7. The summed E-state index contributed by atoms with van der Waals surface area (Å²) in [7, 11) is 0. The Morgan fingerprint density at radius 3 is 2.10 bits per heavy atom. The van der Waals surface area contributed by atoms with Gasteiger partial charge in [-0.05, 0) is 36.1 Å². The Kier molecular flexibility index (Phi) is 11.4. The van der Waals surface area contributed by atoms with Gasteiger partial charge in [-0.1, -0.05) is 12.1 Å². The van der Waals surface area contributed by atoms with Crippen LogP contribution in [0.25, 0.3) is 0 Å². The predicted octanol–water partition coefficient (Wildman–Crippen LogP) is -1.82. The second kappa shape index (κ2) is 13.5. The van der Waals surface area contributed by atoms with Crippen molar-refractivity contribution < 1.29 is 34.5 Å². The molecule has 11 nitrogen and oxygen atoms in total. The average Bonchev–Trinajstić information content (AvgIpc) is 2.75. The number of aliphatic hydroxyl groups is 1. The largest absolute Gasteiger partial charge is 0.508 e. The number of rotatable bonds is 13. The molecule has 0 heterocycles. The molecule has 0 saturated heterocycles. The van der Waals surface area contributed by atoms with E-state index < -0.39 is 48.4 Å². The van der Waals surface area contributed by atoms with Crippen molar-refractivity contribution in [3.05, 3.63) is 29.8 Å². The number of carbonyl (C=O) groups is 4. The highest BCUT2D eigenvalue weighted by Gasteiger charge is 2.29. The molecule has 0 aliphatic heterocycles. The van der Waals surface area contributed by atoms with Crippen LogP contribution in [0.3, 0.4) is 0 Å². The Balaban J connectivity index is 2.88. The van der Waals surface area contributed by atoms with Crippen LogP contribution in [0.4, 0.5) is 0 Å². The number of benzene rings is 1. The average molecular weight is 457 g/mol. The van der Waals surface area contributed by atoms with Crippen molar-refractivity contribution in [3.63, 3.8) is 0 Å². The number of thioether (sulfide) groups is 1. The van der Waals surface area contributed by atoms with Crippen molar-refractivity contribution in [1.82, 2.24) is 16.0 Å². The summed E-state index contributed by atoms with van der Waals surface area (Å²) in [6.07, 6.45) is 1.98. The molecule has 3 unspecified atom stereocenters. The number of carboxylic acids is 1. The van der Waals surface area contributed by atoms with Crippen molar-refractivity contribution in [3.8, 4) is 5.75 Å². The van der Waals surface area contributed by atoms with Gasteiger partial charge in [0.05, 0.1) is 13.2 Å². The lowest BCUT2D eigenvalue weighted by Crippen LogP contribution is -2.57. The lowest BCUT2D eigenvalue weighted by atomic mass is 10.0. The summed E-state index contributed by atoms with van der Waals surface area (Å²) in [5.74, 6) is -2.91. The number of phenolic OH excluding ortho intramolecular Hbond substituents is 1. The van der Waals surface area contributed by atoms with Crippen molar-refractivity contribution in [2.45, 2.75) is 31.0 Å². The maximum Gasteiger partial charge on any atom is 0.326 e. The van der Waals surface area contributed by atoms with Crippen LogP contribution in [-0.4, -0.2) is 82.3 Å². The third-order valence-corrected chi connectivity index (χ3v) is 4.90. The first-order valence-corrected chi connectivity index (χ1v) is 10.8. The maximum absolute atomic E-state index is 12.7. The van der Waals surface area contributed by atoms with Crippen molar-refractivity contribution >= 4 is 35.5 Å². The Hall–Kier alpha value is -2.83. The number of aliphatic carboxylic acids is 1. The van der Waals surface area contributed by atoms with Gasteiger partial charge in [0.2, 0.25) is 17.7 Å². The molecule has 0 aromatic heterocycles. The SMILES string of the molecule is CSCCC(NC(=O)C(CO)NC(=O)CN)C(=O)NC(Cc1ccc(O)cc1)C(=O)O. The number of carbonyl (C=O) groups excluding carboxylic acids is 3. The number of carboxylic acid groups (broad SMARTS) is 1. The van der Waals surface area contributed by atoms with Crippen LogP contribution in [0.5, 0.6) is 5.75 Å². The van der Waals surface area contributed by atoms with Gasteiger partial charge >= 0.3 is 5.97 Å². The van der Waals surface area contributed by atoms with Crippen LogP contribution >= 0.6 is 11.8 Å². The molecule has 3 atom stereocenters. The highest BCUT2D eigenvalue weighted by molar-refractivity contribution is 7.98. The molecule has 31 heavy (non-hydrogen) atoms. The molecule has 1 rings (SSSR count). The molecule has 0 spiro atoms. The van der Waals surface area contributed by atoms with Crippen LogP contribution in [0.1, 0.15) is 12.0 Å². The molecule has 3 amide bonds. The first kappa shape index (κ1) is 26.2. The van der Waals surface area contributed by atoms with E-state index in [1.165, 1.54) is 36.0 Å². The van der Waals surface area contributed by atoms with E-state index in [2.05, 4.69) is 16.0 Å². The summed E-state index contributed by atoms with van der Waals surface area (Å²) >= 11 is 1.43. The molecule has 0 aliphatic carbocycles. The van der Waals surface area contributed by atoms with Crippen molar-refractivity contribution in [2.75, 3.05) is 25.2 Å². The van der Waals surface area contributed by atoms with Gasteiger partial charge in [-0.25, -0.2) is 4.79 Å². The van der Waals surface area contributed by atoms with Gasteiger partial charge in [-0.2, -0.15) is 11.8 Å². The van der Waals surface area contributed by atoms with Gasteiger partial charge in [0.25, 0.3) is 0 Å². The van der Waals surface area contributed by atoms with E-state index in [0.29, 0.717) is 11.3 Å². The number of aliphatic hydroxyl groups excluding tert-OH is 1. The normalized spacial score (nSPS) is 13.5. The zero-order chi connectivity index (χ0) is 23.4. The summed E-state index contributed by atoms with van der Waals surface area (Å²) in [5, 5.41) is 35.3. The minimum Gasteiger partial charge on any atom is -0.508 e. The lowest BCUT2D eigenvalue weighted by molar-refractivity contribution is -0.142. The van der Waals surface area contributed by atoms with Gasteiger partial charge in [-0.15, -0.1) is 0 Å². The number of phenols is 1. The first-order valence-electron chi connectivity index (χ1n) is 9.42. The zero-order valence-corrected chi connectivity index (χ0v) is 17.9. The van der Waals surface area contributed by atoms with E-state index >= 15 is 0 Å². The Morgan fingerprint density at radius 2 is 1.58 bits per heavy atom. The van der Waals surface area contributed by atoms with E-state index in [0.717, 1.165) is 0 Å². The fraction of sp³-hybridized carbons (Fsp3) is 0.474. The standard InChI is InChI=1S/C19H28N4O7S/c1-31-7-6-13(22-18(28)15(10-24)21-16(26)9-20)17(27)23-14(19(29)30)8-11-2-4-12(25)5-3-11/h2-5,13-15,24-25H,6-10,20H2,1H3,(H,21,26)(H,22,28)(H,23,27)(H,29,30). The van der Waals surface area contributed by atoms with E-state index in [4.69, 9.17) is 5.73 Å². The van der Waals surface area contributed by atoms with Crippen LogP contribution in [0.15, 0.2) is 24.3 Å². The highest BCUT2D eigenvalue weighted by Crippen LogP contribution is 2.12. The Morgan fingerprint density at radius 1 is 1.00 bits per heavy atom. The summed E-state index contributed by atoms with van der Waals surface area (Å²) in [6, 6.07) is 2.24. The molecule has 172 valence electrons. The van der Waals surface area contributed by atoms with Crippen molar-refractivity contribution in [2.24, 2.45) is 5.73 Å². The minimum atomic E-state index is -1.30. The van der Waals surface area contributed by atoms with Gasteiger partial charge in [0.1, 0.15) is 23.9 Å². The van der Waals surface area contributed by atoms with Crippen LogP contribution < -0.4 is 21.7 Å². The molecule has 1 aromatic rings. The molecule has 0 saturated carbocycles. The molecule has 0 fully saturated rings. The number of nitrogens with one attached hydrogen (secondary N) is 3. The smallest absolute Gasteiger partial charge is 0.326 e. The fourth-order valence-corrected chi connectivity index (χ4v) is 3.04.